The maximum absolute atomic E-state index is 6.19. The standard InChI is InChI=1S/C9H14N2S3/c1-6-11-7(4-14-6)9(10)8-5-12-2-3-13-8/h4,8-9H,2-3,5,10H2,1H3. The molecule has 5 heteroatoms. The van der Waals surface area contributed by atoms with Crippen LogP contribution in [0.3, 0.4) is 0 Å². The molecule has 1 fully saturated rings. The Hall–Kier alpha value is 0.290. The third-order valence-corrected chi connectivity index (χ3v) is 5.90. The molecule has 78 valence electrons. The molecule has 0 aliphatic carbocycles. The van der Waals surface area contributed by atoms with Crippen LogP contribution in [-0.4, -0.2) is 27.5 Å². The zero-order chi connectivity index (χ0) is 9.97. The Balaban J connectivity index is 2.03. The first-order chi connectivity index (χ1) is 6.77. The van der Waals surface area contributed by atoms with Gasteiger partial charge in [0.15, 0.2) is 0 Å². The Labute approximate surface area is 97.1 Å². The Bertz CT molecular complexity index is 294. The molecule has 0 saturated carbocycles. The molecular formula is C9H14N2S3. The minimum Gasteiger partial charge on any atom is -0.322 e. The lowest BCUT2D eigenvalue weighted by molar-refractivity contribution is 0.698. The third kappa shape index (κ3) is 2.45. The molecule has 0 bridgehead atoms. The van der Waals surface area contributed by atoms with Gasteiger partial charge in [-0.3, -0.25) is 0 Å². The van der Waals surface area contributed by atoms with Crippen LogP contribution in [0.15, 0.2) is 5.38 Å². The fourth-order valence-corrected chi connectivity index (χ4v) is 4.88. The van der Waals surface area contributed by atoms with Gasteiger partial charge in [-0.2, -0.15) is 23.5 Å². The van der Waals surface area contributed by atoms with E-state index in [4.69, 9.17) is 5.73 Å². The molecule has 1 saturated heterocycles. The lowest BCUT2D eigenvalue weighted by Gasteiger charge is -2.25. The van der Waals surface area contributed by atoms with Crippen LogP contribution in [0.2, 0.25) is 0 Å². The highest BCUT2D eigenvalue weighted by molar-refractivity contribution is 8.06. The molecule has 0 spiro atoms. The smallest absolute Gasteiger partial charge is 0.0898 e. The van der Waals surface area contributed by atoms with E-state index < -0.39 is 0 Å². The summed E-state index contributed by atoms with van der Waals surface area (Å²) in [5.41, 5.74) is 7.27. The van der Waals surface area contributed by atoms with E-state index in [2.05, 4.69) is 10.4 Å². The van der Waals surface area contributed by atoms with E-state index >= 15 is 0 Å². The predicted molar refractivity (Wildman–Crippen MR) is 67.4 cm³/mol. The summed E-state index contributed by atoms with van der Waals surface area (Å²) in [4.78, 5) is 4.46. The van der Waals surface area contributed by atoms with Crippen LogP contribution in [0.4, 0.5) is 0 Å². The molecule has 0 radical (unpaired) electrons. The minimum atomic E-state index is 0.123. The van der Waals surface area contributed by atoms with Crippen LogP contribution in [0.5, 0.6) is 0 Å². The number of thiazole rings is 1. The summed E-state index contributed by atoms with van der Waals surface area (Å²) < 4.78 is 0. The normalized spacial score (nSPS) is 24.9. The minimum absolute atomic E-state index is 0.123. The van der Waals surface area contributed by atoms with Gasteiger partial charge >= 0.3 is 0 Å². The van der Waals surface area contributed by atoms with Crippen molar-refractivity contribution >= 4 is 34.9 Å². The molecule has 1 aliphatic heterocycles. The van der Waals surface area contributed by atoms with Crippen LogP contribution < -0.4 is 5.73 Å². The first-order valence-electron chi connectivity index (χ1n) is 4.64. The number of aromatic nitrogens is 1. The fourth-order valence-electron chi connectivity index (χ4n) is 1.44. The van der Waals surface area contributed by atoms with Crippen molar-refractivity contribution in [2.24, 2.45) is 5.73 Å². The van der Waals surface area contributed by atoms with Gasteiger partial charge in [-0.1, -0.05) is 0 Å². The van der Waals surface area contributed by atoms with Gasteiger partial charge in [-0.05, 0) is 6.92 Å². The van der Waals surface area contributed by atoms with Gasteiger partial charge in [0, 0.05) is 27.9 Å². The van der Waals surface area contributed by atoms with E-state index in [1.165, 1.54) is 17.3 Å². The van der Waals surface area contributed by atoms with Crippen molar-refractivity contribution in [1.29, 1.82) is 0 Å². The second kappa shape index (κ2) is 4.88. The fraction of sp³-hybridized carbons (Fsp3) is 0.667. The molecule has 2 nitrogen and oxygen atoms in total. The lowest BCUT2D eigenvalue weighted by atomic mass is 10.2. The van der Waals surface area contributed by atoms with Gasteiger partial charge in [-0.15, -0.1) is 11.3 Å². The van der Waals surface area contributed by atoms with Crippen molar-refractivity contribution in [1.82, 2.24) is 4.98 Å². The average Bonchev–Trinajstić information content (AvgIpc) is 2.65. The summed E-state index contributed by atoms with van der Waals surface area (Å²) in [6, 6.07) is 0.123. The molecule has 1 aromatic rings. The largest absolute Gasteiger partial charge is 0.322 e. The summed E-state index contributed by atoms with van der Waals surface area (Å²) in [7, 11) is 0. The predicted octanol–water partition coefficient (Wildman–Crippen LogP) is 2.30. The van der Waals surface area contributed by atoms with E-state index in [1.807, 2.05) is 30.4 Å². The Morgan fingerprint density at radius 1 is 1.57 bits per heavy atom. The zero-order valence-electron chi connectivity index (χ0n) is 8.10. The maximum atomic E-state index is 6.19. The van der Waals surface area contributed by atoms with Crippen molar-refractivity contribution in [3.63, 3.8) is 0 Å². The van der Waals surface area contributed by atoms with Crippen LogP contribution >= 0.6 is 34.9 Å². The second-order valence-corrected chi connectivity index (χ2v) is 6.86. The number of rotatable bonds is 2. The van der Waals surface area contributed by atoms with Gasteiger partial charge in [0.05, 0.1) is 16.7 Å². The number of nitrogens with zero attached hydrogens (tertiary/aromatic N) is 1. The van der Waals surface area contributed by atoms with Crippen molar-refractivity contribution in [2.45, 2.75) is 18.2 Å². The lowest BCUT2D eigenvalue weighted by Crippen LogP contribution is -2.29. The molecule has 2 atom stereocenters. The van der Waals surface area contributed by atoms with E-state index in [1.54, 1.807) is 11.3 Å². The van der Waals surface area contributed by atoms with Gasteiger partial charge < -0.3 is 5.73 Å². The molecule has 0 amide bonds. The zero-order valence-corrected chi connectivity index (χ0v) is 10.6. The van der Waals surface area contributed by atoms with Crippen molar-refractivity contribution in [3.05, 3.63) is 16.1 Å². The summed E-state index contributed by atoms with van der Waals surface area (Å²) in [5.74, 6) is 3.67. The van der Waals surface area contributed by atoms with Crippen LogP contribution in [0.25, 0.3) is 0 Å². The number of hydrogen-bond donors (Lipinski definition) is 1. The monoisotopic (exact) mass is 246 g/mol. The van der Waals surface area contributed by atoms with E-state index in [0.717, 1.165) is 10.7 Å². The molecule has 14 heavy (non-hydrogen) atoms. The highest BCUT2D eigenvalue weighted by atomic mass is 32.2. The molecule has 1 aromatic heterocycles. The summed E-state index contributed by atoms with van der Waals surface area (Å²) in [6.07, 6.45) is 0. The third-order valence-electron chi connectivity index (χ3n) is 2.22. The second-order valence-electron chi connectivity index (χ2n) is 3.30. The summed E-state index contributed by atoms with van der Waals surface area (Å²) in [6.45, 7) is 2.03. The van der Waals surface area contributed by atoms with Crippen molar-refractivity contribution in [2.75, 3.05) is 17.3 Å². The molecule has 1 aliphatic rings. The molecule has 2 unspecified atom stereocenters. The van der Waals surface area contributed by atoms with Crippen LogP contribution in [-0.2, 0) is 0 Å². The summed E-state index contributed by atoms with van der Waals surface area (Å²) >= 11 is 5.69. The maximum Gasteiger partial charge on any atom is 0.0898 e. The topological polar surface area (TPSA) is 38.9 Å². The molecule has 0 aromatic carbocycles. The number of hydrogen-bond acceptors (Lipinski definition) is 5. The van der Waals surface area contributed by atoms with Gasteiger partial charge in [0.25, 0.3) is 0 Å². The first kappa shape index (κ1) is 10.8. The van der Waals surface area contributed by atoms with Gasteiger partial charge in [0.2, 0.25) is 0 Å². The van der Waals surface area contributed by atoms with E-state index in [-0.39, 0.29) is 6.04 Å². The molecular weight excluding hydrogens is 232 g/mol. The molecule has 2 rings (SSSR count). The molecule has 2 N–H and O–H groups in total. The van der Waals surface area contributed by atoms with E-state index in [9.17, 15) is 0 Å². The summed E-state index contributed by atoms with van der Waals surface area (Å²) in [5, 5.41) is 3.76. The van der Waals surface area contributed by atoms with Crippen LogP contribution in [0, 0.1) is 6.92 Å². The van der Waals surface area contributed by atoms with Crippen molar-refractivity contribution in [3.8, 4) is 0 Å². The highest BCUT2D eigenvalue weighted by Crippen LogP contribution is 2.32. The van der Waals surface area contributed by atoms with Crippen LogP contribution in [0.1, 0.15) is 16.7 Å². The first-order valence-corrected chi connectivity index (χ1v) is 7.72. The Morgan fingerprint density at radius 3 is 3.00 bits per heavy atom. The number of thioether (sulfide) groups is 2. The number of aryl methyl sites for hydroxylation is 1. The molecule has 2 heterocycles. The average molecular weight is 246 g/mol. The highest BCUT2D eigenvalue weighted by Gasteiger charge is 2.24. The van der Waals surface area contributed by atoms with Crippen molar-refractivity contribution < 1.29 is 0 Å². The Kier molecular flexibility index (Phi) is 3.76. The van der Waals surface area contributed by atoms with E-state index in [0.29, 0.717) is 5.25 Å². The number of nitrogens with two attached hydrogens (primary N) is 1. The SMILES string of the molecule is Cc1nc(C(N)C2CSCCS2)cs1. The Morgan fingerprint density at radius 2 is 2.43 bits per heavy atom. The van der Waals surface area contributed by atoms with Gasteiger partial charge in [-0.25, -0.2) is 4.98 Å². The quantitative estimate of drug-likeness (QED) is 0.869. The van der Waals surface area contributed by atoms with Gasteiger partial charge in [0.1, 0.15) is 0 Å².